The molecular formula is C16H29NO4. The summed E-state index contributed by atoms with van der Waals surface area (Å²) < 4.78 is 5.32. The Morgan fingerprint density at radius 2 is 1.43 bits per heavy atom. The second-order valence-electron chi connectivity index (χ2n) is 5.81. The maximum Gasteiger partial charge on any atom is 0.222 e. The van der Waals surface area contributed by atoms with Gasteiger partial charge in [-0.25, -0.2) is 0 Å². The van der Waals surface area contributed by atoms with Crippen molar-refractivity contribution in [3.8, 4) is 0 Å². The van der Waals surface area contributed by atoms with E-state index in [-0.39, 0.29) is 35.7 Å². The first-order chi connectivity index (χ1) is 9.84. The molecule has 1 N–H and O–H groups in total. The first kappa shape index (κ1) is 19.8. The Balaban J connectivity index is 3.46. The normalized spacial score (nSPS) is 11.0. The largest absolute Gasteiger partial charge is 0.381 e. The predicted octanol–water partition coefficient (Wildman–Crippen LogP) is 2.13. The highest BCUT2D eigenvalue weighted by atomic mass is 16.5. The second kappa shape index (κ2) is 11.4. The van der Waals surface area contributed by atoms with E-state index in [1.807, 2.05) is 27.7 Å². The maximum atomic E-state index is 11.5. The lowest BCUT2D eigenvalue weighted by atomic mass is 10.1. The van der Waals surface area contributed by atoms with E-state index in [4.69, 9.17) is 4.74 Å². The smallest absolute Gasteiger partial charge is 0.222 e. The molecular weight excluding hydrogens is 270 g/mol. The fourth-order valence-electron chi connectivity index (χ4n) is 1.61. The fourth-order valence-corrected chi connectivity index (χ4v) is 1.61. The number of hydrogen-bond acceptors (Lipinski definition) is 4. The minimum absolute atomic E-state index is 0.0128. The van der Waals surface area contributed by atoms with Gasteiger partial charge in [-0.15, -0.1) is 0 Å². The van der Waals surface area contributed by atoms with Gasteiger partial charge in [-0.3, -0.25) is 14.4 Å². The van der Waals surface area contributed by atoms with Crippen LogP contribution in [0.1, 0.15) is 53.4 Å². The molecule has 0 aromatic heterocycles. The molecule has 0 fully saturated rings. The summed E-state index contributed by atoms with van der Waals surface area (Å²) in [6, 6.07) is 0. The Morgan fingerprint density at radius 3 is 2.00 bits per heavy atom. The number of hydrogen-bond donors (Lipinski definition) is 1. The van der Waals surface area contributed by atoms with Gasteiger partial charge < -0.3 is 10.1 Å². The molecule has 0 aliphatic heterocycles. The molecule has 0 spiro atoms. The van der Waals surface area contributed by atoms with Gasteiger partial charge in [0.05, 0.1) is 6.61 Å². The molecule has 0 saturated heterocycles. The molecule has 21 heavy (non-hydrogen) atoms. The number of carbonyl (C=O) groups excluding carboxylic acids is 3. The maximum absolute atomic E-state index is 11.5. The second-order valence-corrected chi connectivity index (χ2v) is 5.81. The van der Waals surface area contributed by atoms with Crippen LogP contribution in [-0.4, -0.2) is 37.2 Å². The Labute approximate surface area is 127 Å². The van der Waals surface area contributed by atoms with E-state index in [9.17, 15) is 14.4 Å². The lowest BCUT2D eigenvalue weighted by Gasteiger charge is -2.07. The van der Waals surface area contributed by atoms with Crippen LogP contribution in [0.3, 0.4) is 0 Å². The van der Waals surface area contributed by atoms with E-state index in [1.165, 1.54) is 0 Å². The van der Waals surface area contributed by atoms with Crippen LogP contribution in [-0.2, 0) is 19.1 Å². The topological polar surface area (TPSA) is 72.5 Å². The van der Waals surface area contributed by atoms with Gasteiger partial charge in [-0.05, 0) is 6.42 Å². The summed E-state index contributed by atoms with van der Waals surface area (Å²) in [4.78, 5) is 34.2. The highest BCUT2D eigenvalue weighted by molar-refractivity contribution is 5.81. The van der Waals surface area contributed by atoms with Crippen LogP contribution in [0.25, 0.3) is 0 Å². The molecule has 0 aromatic carbocycles. The van der Waals surface area contributed by atoms with Gasteiger partial charge in [0.2, 0.25) is 5.91 Å². The van der Waals surface area contributed by atoms with Crippen molar-refractivity contribution >= 4 is 17.5 Å². The van der Waals surface area contributed by atoms with Crippen molar-refractivity contribution in [3.63, 3.8) is 0 Å². The standard InChI is InChI=1S/C16H29NO4/c1-12(2)14(18)6-5-10-21-11-8-16(20)17-9-7-15(19)13(3)4/h12-13H,5-11H2,1-4H3,(H,17,20). The van der Waals surface area contributed by atoms with Gasteiger partial charge in [0, 0.05) is 44.2 Å². The summed E-state index contributed by atoms with van der Waals surface area (Å²) in [5.41, 5.74) is 0. The van der Waals surface area contributed by atoms with Crippen molar-refractivity contribution in [3.05, 3.63) is 0 Å². The molecule has 5 heteroatoms. The van der Waals surface area contributed by atoms with Gasteiger partial charge >= 0.3 is 0 Å². The van der Waals surface area contributed by atoms with Crippen LogP contribution in [0.15, 0.2) is 0 Å². The molecule has 0 heterocycles. The molecule has 0 aromatic rings. The molecule has 0 aliphatic rings. The van der Waals surface area contributed by atoms with Crippen molar-refractivity contribution < 1.29 is 19.1 Å². The van der Waals surface area contributed by atoms with E-state index in [0.29, 0.717) is 39.0 Å². The predicted molar refractivity (Wildman–Crippen MR) is 82.0 cm³/mol. The van der Waals surface area contributed by atoms with Crippen molar-refractivity contribution in [2.24, 2.45) is 11.8 Å². The molecule has 5 nitrogen and oxygen atoms in total. The van der Waals surface area contributed by atoms with Crippen LogP contribution >= 0.6 is 0 Å². The van der Waals surface area contributed by atoms with Crippen LogP contribution in [0.4, 0.5) is 0 Å². The van der Waals surface area contributed by atoms with Crippen LogP contribution in [0.5, 0.6) is 0 Å². The lowest BCUT2D eigenvalue weighted by molar-refractivity contribution is -0.124. The average Bonchev–Trinajstić information content (AvgIpc) is 2.41. The molecule has 0 aliphatic carbocycles. The number of amides is 1. The summed E-state index contributed by atoms with van der Waals surface area (Å²) in [6.45, 7) is 8.70. The van der Waals surface area contributed by atoms with Gasteiger partial charge in [0.15, 0.2) is 0 Å². The molecule has 0 radical (unpaired) electrons. The summed E-state index contributed by atoms with van der Waals surface area (Å²) in [5.74, 6) is 0.375. The van der Waals surface area contributed by atoms with Gasteiger partial charge in [0.1, 0.15) is 11.6 Å². The SMILES string of the molecule is CC(C)C(=O)CCCOCCC(=O)NCCC(=O)C(C)C. The van der Waals surface area contributed by atoms with Gasteiger partial charge in [0.25, 0.3) is 0 Å². The number of nitrogens with one attached hydrogen (secondary N) is 1. The Kier molecular flexibility index (Phi) is 10.8. The first-order valence-electron chi connectivity index (χ1n) is 7.74. The number of Topliss-reactive ketones (excluding diaryl/α,β-unsaturated/α-hetero) is 2. The minimum Gasteiger partial charge on any atom is -0.381 e. The van der Waals surface area contributed by atoms with E-state index in [1.54, 1.807) is 0 Å². The van der Waals surface area contributed by atoms with Crippen LogP contribution < -0.4 is 5.32 Å². The zero-order chi connectivity index (χ0) is 16.3. The number of rotatable bonds is 12. The third-order valence-electron chi connectivity index (χ3n) is 3.17. The van der Waals surface area contributed by atoms with Crippen LogP contribution in [0.2, 0.25) is 0 Å². The number of ether oxygens (including phenoxy) is 1. The number of carbonyl (C=O) groups is 3. The lowest BCUT2D eigenvalue weighted by Crippen LogP contribution is -2.27. The third-order valence-corrected chi connectivity index (χ3v) is 3.17. The van der Waals surface area contributed by atoms with Gasteiger partial charge in [-0.2, -0.15) is 0 Å². The average molecular weight is 299 g/mol. The Bertz CT molecular complexity index is 337. The first-order valence-corrected chi connectivity index (χ1v) is 7.74. The molecule has 0 rings (SSSR count). The van der Waals surface area contributed by atoms with E-state index >= 15 is 0 Å². The zero-order valence-electron chi connectivity index (χ0n) is 13.7. The summed E-state index contributed by atoms with van der Waals surface area (Å²) in [5, 5.41) is 2.70. The van der Waals surface area contributed by atoms with Crippen molar-refractivity contribution in [2.75, 3.05) is 19.8 Å². The summed E-state index contributed by atoms with van der Waals surface area (Å²) in [6.07, 6.45) is 1.89. The highest BCUT2D eigenvalue weighted by Crippen LogP contribution is 2.02. The minimum atomic E-state index is -0.107. The third kappa shape index (κ3) is 11.1. The van der Waals surface area contributed by atoms with E-state index in [0.717, 1.165) is 0 Å². The van der Waals surface area contributed by atoms with Crippen molar-refractivity contribution in [1.82, 2.24) is 5.32 Å². The van der Waals surface area contributed by atoms with Crippen LogP contribution in [0, 0.1) is 11.8 Å². The zero-order valence-corrected chi connectivity index (χ0v) is 13.7. The molecule has 122 valence electrons. The van der Waals surface area contributed by atoms with Crippen molar-refractivity contribution in [1.29, 1.82) is 0 Å². The van der Waals surface area contributed by atoms with Crippen molar-refractivity contribution in [2.45, 2.75) is 53.4 Å². The van der Waals surface area contributed by atoms with E-state index in [2.05, 4.69) is 5.32 Å². The molecule has 0 unspecified atom stereocenters. The molecule has 0 bridgehead atoms. The Morgan fingerprint density at radius 1 is 0.857 bits per heavy atom. The van der Waals surface area contributed by atoms with Gasteiger partial charge in [-0.1, -0.05) is 27.7 Å². The monoisotopic (exact) mass is 299 g/mol. The summed E-state index contributed by atoms with van der Waals surface area (Å²) >= 11 is 0. The molecule has 0 saturated carbocycles. The fraction of sp³-hybridized carbons (Fsp3) is 0.812. The quantitative estimate of drug-likeness (QED) is 0.560. The molecule has 0 atom stereocenters. The number of ketones is 2. The highest BCUT2D eigenvalue weighted by Gasteiger charge is 2.08. The summed E-state index contributed by atoms with van der Waals surface area (Å²) in [7, 11) is 0. The Hall–Kier alpha value is -1.23. The van der Waals surface area contributed by atoms with E-state index < -0.39 is 0 Å². The molecule has 1 amide bonds.